The van der Waals surface area contributed by atoms with Gasteiger partial charge in [0, 0.05) is 32.3 Å². The maximum absolute atomic E-state index is 13.6. The van der Waals surface area contributed by atoms with E-state index < -0.39 is 0 Å². The van der Waals surface area contributed by atoms with Crippen LogP contribution in [0.2, 0.25) is 10.0 Å². The molecule has 0 aliphatic rings. The molecule has 0 aromatic heterocycles. The summed E-state index contributed by atoms with van der Waals surface area (Å²) >= 11 is 15.2. The Balaban J connectivity index is 2.16. The molecular weight excluding hydrogens is 340 g/mol. The summed E-state index contributed by atoms with van der Waals surface area (Å²) in [7, 11) is 0. The van der Waals surface area contributed by atoms with E-state index in [9.17, 15) is 4.39 Å². The van der Waals surface area contributed by atoms with Gasteiger partial charge in [0.25, 0.3) is 0 Å². The van der Waals surface area contributed by atoms with Crippen LogP contribution < -0.4 is 5.32 Å². The van der Waals surface area contributed by atoms with Crippen molar-refractivity contribution >= 4 is 44.8 Å². The second-order valence-electron chi connectivity index (χ2n) is 3.68. The fraction of sp³-hybridized carbons (Fsp3) is 0.0769. The van der Waals surface area contributed by atoms with Crippen molar-refractivity contribution in [2.24, 2.45) is 0 Å². The predicted octanol–water partition coefficient (Wildman–Crippen LogP) is 5.51. The minimum absolute atomic E-state index is 0.311. The van der Waals surface area contributed by atoms with Crippen LogP contribution in [0.3, 0.4) is 0 Å². The molecule has 18 heavy (non-hydrogen) atoms. The van der Waals surface area contributed by atoms with E-state index >= 15 is 0 Å². The van der Waals surface area contributed by atoms with E-state index in [1.165, 1.54) is 6.07 Å². The Morgan fingerprint density at radius 2 is 1.94 bits per heavy atom. The number of anilines is 1. The monoisotopic (exact) mass is 347 g/mol. The van der Waals surface area contributed by atoms with Crippen LogP contribution in [0.25, 0.3) is 0 Å². The molecule has 0 amide bonds. The molecule has 1 nitrogen and oxygen atoms in total. The van der Waals surface area contributed by atoms with Crippen molar-refractivity contribution in [2.45, 2.75) is 6.54 Å². The largest absolute Gasteiger partial charge is 0.380 e. The fourth-order valence-electron chi connectivity index (χ4n) is 1.52. The van der Waals surface area contributed by atoms with Crippen molar-refractivity contribution in [3.63, 3.8) is 0 Å². The highest BCUT2D eigenvalue weighted by Crippen LogP contribution is 2.27. The predicted molar refractivity (Wildman–Crippen MR) is 77.9 cm³/mol. The number of rotatable bonds is 3. The maximum Gasteiger partial charge on any atom is 0.129 e. The average Bonchev–Trinajstić information content (AvgIpc) is 2.31. The van der Waals surface area contributed by atoms with Crippen LogP contribution in [-0.2, 0) is 6.54 Å². The second-order valence-corrected chi connectivity index (χ2v) is 5.38. The molecule has 0 atom stereocenters. The van der Waals surface area contributed by atoms with Crippen LogP contribution >= 0.6 is 39.1 Å². The number of benzene rings is 2. The van der Waals surface area contributed by atoms with Gasteiger partial charge in [-0.05, 0) is 46.3 Å². The molecular formula is C13H9BrCl2FN. The Hall–Kier alpha value is -0.770. The van der Waals surface area contributed by atoms with Gasteiger partial charge in [-0.25, -0.2) is 4.39 Å². The van der Waals surface area contributed by atoms with E-state index in [1.807, 2.05) is 6.07 Å². The van der Waals surface area contributed by atoms with Crippen molar-refractivity contribution in [2.75, 3.05) is 5.32 Å². The maximum atomic E-state index is 13.6. The summed E-state index contributed by atoms with van der Waals surface area (Å²) in [5.74, 6) is -0.319. The Kier molecular flexibility index (Phi) is 4.49. The molecule has 0 fully saturated rings. The molecule has 1 N–H and O–H groups in total. The van der Waals surface area contributed by atoms with Crippen molar-refractivity contribution in [3.8, 4) is 0 Å². The molecule has 2 rings (SSSR count). The lowest BCUT2D eigenvalue weighted by Gasteiger charge is -2.10. The van der Waals surface area contributed by atoms with Crippen molar-refractivity contribution in [1.29, 1.82) is 0 Å². The number of nitrogens with one attached hydrogen (secondary N) is 1. The first-order valence-electron chi connectivity index (χ1n) is 5.20. The van der Waals surface area contributed by atoms with E-state index in [-0.39, 0.29) is 5.82 Å². The fourth-order valence-corrected chi connectivity index (χ4v) is 2.57. The Morgan fingerprint density at radius 1 is 1.17 bits per heavy atom. The highest BCUT2D eigenvalue weighted by atomic mass is 79.9. The highest BCUT2D eigenvalue weighted by Gasteiger charge is 2.07. The molecule has 2 aromatic carbocycles. The normalized spacial score (nSPS) is 10.4. The molecule has 0 saturated carbocycles. The van der Waals surface area contributed by atoms with E-state index in [2.05, 4.69) is 21.2 Å². The molecule has 0 spiro atoms. The first kappa shape index (κ1) is 13.7. The lowest BCUT2D eigenvalue weighted by atomic mass is 10.2. The number of hydrogen-bond donors (Lipinski definition) is 1. The molecule has 0 bridgehead atoms. The second kappa shape index (κ2) is 5.91. The summed E-state index contributed by atoms with van der Waals surface area (Å²) in [4.78, 5) is 0. The zero-order chi connectivity index (χ0) is 13.1. The standard InChI is InChI=1S/C13H9BrCl2FN/c14-10-6-8(15)4-5-13(10)18-7-9-11(16)2-1-3-12(9)17/h1-6,18H,7H2. The molecule has 0 saturated heterocycles. The smallest absolute Gasteiger partial charge is 0.129 e. The van der Waals surface area contributed by atoms with Gasteiger partial charge < -0.3 is 5.32 Å². The van der Waals surface area contributed by atoms with Gasteiger partial charge in [-0.3, -0.25) is 0 Å². The Morgan fingerprint density at radius 3 is 2.61 bits per heavy atom. The number of hydrogen-bond acceptors (Lipinski definition) is 1. The summed E-state index contributed by atoms with van der Waals surface area (Å²) in [5.41, 5.74) is 1.28. The molecule has 5 heteroatoms. The van der Waals surface area contributed by atoms with Gasteiger partial charge in [0.05, 0.1) is 0 Å². The molecule has 0 unspecified atom stereocenters. The first-order valence-corrected chi connectivity index (χ1v) is 6.74. The topological polar surface area (TPSA) is 12.0 Å². The summed E-state index contributed by atoms with van der Waals surface area (Å²) in [6.07, 6.45) is 0. The van der Waals surface area contributed by atoms with Crippen LogP contribution in [0, 0.1) is 5.82 Å². The number of halogens is 4. The zero-order valence-corrected chi connectivity index (χ0v) is 12.3. The van der Waals surface area contributed by atoms with Gasteiger partial charge in [-0.1, -0.05) is 29.3 Å². The SMILES string of the molecule is Fc1cccc(Cl)c1CNc1ccc(Cl)cc1Br. The van der Waals surface area contributed by atoms with Gasteiger partial charge in [-0.15, -0.1) is 0 Å². The summed E-state index contributed by atoms with van der Waals surface area (Å²) in [6.45, 7) is 0.311. The minimum atomic E-state index is -0.319. The van der Waals surface area contributed by atoms with Crippen LogP contribution in [0.4, 0.5) is 10.1 Å². The lowest BCUT2D eigenvalue weighted by Crippen LogP contribution is -2.03. The minimum Gasteiger partial charge on any atom is -0.380 e. The van der Waals surface area contributed by atoms with Gasteiger partial charge in [0.1, 0.15) is 5.82 Å². The van der Waals surface area contributed by atoms with E-state index in [1.54, 1.807) is 24.3 Å². The van der Waals surface area contributed by atoms with Gasteiger partial charge >= 0.3 is 0 Å². The summed E-state index contributed by atoms with van der Waals surface area (Å²) in [5, 5.41) is 4.15. The van der Waals surface area contributed by atoms with Crippen molar-refractivity contribution < 1.29 is 4.39 Å². The van der Waals surface area contributed by atoms with Crippen LogP contribution in [-0.4, -0.2) is 0 Å². The molecule has 0 aliphatic heterocycles. The molecule has 94 valence electrons. The lowest BCUT2D eigenvalue weighted by molar-refractivity contribution is 0.613. The summed E-state index contributed by atoms with van der Waals surface area (Å²) in [6, 6.07) is 9.99. The zero-order valence-electron chi connectivity index (χ0n) is 9.18. The van der Waals surface area contributed by atoms with Gasteiger partial charge in [0.15, 0.2) is 0 Å². The highest BCUT2D eigenvalue weighted by molar-refractivity contribution is 9.10. The Labute approximate surface area is 123 Å². The van der Waals surface area contributed by atoms with Gasteiger partial charge in [0.2, 0.25) is 0 Å². The van der Waals surface area contributed by atoms with Crippen molar-refractivity contribution in [1.82, 2.24) is 0 Å². The third-order valence-electron chi connectivity index (χ3n) is 2.45. The molecule has 2 aromatic rings. The Bertz CT molecular complexity index is 555. The van der Waals surface area contributed by atoms with Crippen molar-refractivity contribution in [3.05, 3.63) is 62.3 Å². The third-order valence-corrected chi connectivity index (χ3v) is 3.69. The van der Waals surface area contributed by atoms with Crippen LogP contribution in [0.5, 0.6) is 0 Å². The van der Waals surface area contributed by atoms with E-state index in [0.29, 0.717) is 22.2 Å². The average molecular weight is 349 g/mol. The van der Waals surface area contributed by atoms with Crippen LogP contribution in [0.1, 0.15) is 5.56 Å². The summed E-state index contributed by atoms with van der Waals surface area (Å²) < 4.78 is 14.4. The molecule has 0 radical (unpaired) electrons. The third kappa shape index (κ3) is 3.16. The van der Waals surface area contributed by atoms with Gasteiger partial charge in [-0.2, -0.15) is 0 Å². The van der Waals surface area contributed by atoms with Crippen LogP contribution in [0.15, 0.2) is 40.9 Å². The quantitative estimate of drug-likeness (QED) is 0.771. The van der Waals surface area contributed by atoms with E-state index in [0.717, 1.165) is 10.2 Å². The van der Waals surface area contributed by atoms with E-state index in [4.69, 9.17) is 23.2 Å². The first-order chi connectivity index (χ1) is 8.58. The molecule has 0 aliphatic carbocycles. The molecule has 0 heterocycles.